The summed E-state index contributed by atoms with van der Waals surface area (Å²) in [6, 6.07) is 2.36. The predicted octanol–water partition coefficient (Wildman–Crippen LogP) is 12.9. The third kappa shape index (κ3) is 22.4. The summed E-state index contributed by atoms with van der Waals surface area (Å²) in [7, 11) is -3.44. The highest BCUT2D eigenvalue weighted by molar-refractivity contribution is 6.84. The number of ether oxygens (including phenoxy) is 4. The molecule has 0 bridgehead atoms. The average molecular weight is 849 g/mol. The molecule has 58 heavy (non-hydrogen) atoms. The molecule has 3 aliphatic rings. The predicted molar refractivity (Wildman–Crippen MR) is 242 cm³/mol. The lowest BCUT2D eigenvalue weighted by molar-refractivity contribution is -0.151. The van der Waals surface area contributed by atoms with Crippen LogP contribution in [0.5, 0.6) is 0 Å². The Morgan fingerprint density at radius 3 is 1.40 bits per heavy atom. The molecule has 0 aromatic rings. The minimum Gasteiger partial charge on any atom is -0.465 e. The molecule has 336 valence electrons. The Balaban J connectivity index is 1.08. The minimum atomic E-state index is -1.75. The van der Waals surface area contributed by atoms with E-state index in [1.54, 1.807) is 0 Å². The Labute approximate surface area is 357 Å². The molecule has 0 radical (unpaired) electrons. The molecular formula is C48H88O8Si2. The summed E-state index contributed by atoms with van der Waals surface area (Å²) in [6.07, 6.45) is 31.1. The van der Waals surface area contributed by atoms with Crippen molar-refractivity contribution < 1.29 is 37.4 Å². The zero-order chi connectivity index (χ0) is 42.1. The largest absolute Gasteiger partial charge is 0.465 e. The Bertz CT molecular complexity index is 1140. The Morgan fingerprint density at radius 2 is 0.879 bits per heavy atom. The van der Waals surface area contributed by atoms with Crippen molar-refractivity contribution in [1.29, 1.82) is 0 Å². The molecule has 0 aromatic carbocycles. The van der Waals surface area contributed by atoms with Gasteiger partial charge in [-0.3, -0.25) is 9.59 Å². The second kappa shape index (κ2) is 28.9. The summed E-state index contributed by atoms with van der Waals surface area (Å²) in [5.41, 5.74) is 0. The summed E-state index contributed by atoms with van der Waals surface area (Å²) >= 11 is 0. The highest BCUT2D eigenvalue weighted by atomic mass is 28.4. The first-order valence-electron chi connectivity index (χ1n) is 24.3. The van der Waals surface area contributed by atoms with Crippen molar-refractivity contribution >= 4 is 34.5 Å². The van der Waals surface area contributed by atoms with Crippen LogP contribution in [-0.4, -0.2) is 67.1 Å². The Hall–Kier alpha value is -1.50. The lowest BCUT2D eigenvalue weighted by Gasteiger charge is -2.36. The first kappa shape index (κ1) is 50.9. The molecule has 0 aromatic heterocycles. The van der Waals surface area contributed by atoms with Crippen LogP contribution in [0.15, 0.2) is 12.7 Å². The second-order valence-electron chi connectivity index (χ2n) is 19.8. The number of esters is 3. The number of carbonyl (C=O) groups is 3. The maximum atomic E-state index is 12.7. The second-order valence-corrected chi connectivity index (χ2v) is 28.6. The van der Waals surface area contributed by atoms with Crippen molar-refractivity contribution in [3.05, 3.63) is 12.7 Å². The summed E-state index contributed by atoms with van der Waals surface area (Å²) < 4.78 is 29.4. The normalized spacial score (nSPS) is 24.2. The standard InChI is InChI=1S/C48H88O8Si2/c1-7-46(49)53-35-18-15-17-34-52-45-32-30-44(31-33-45)48(51)55-37-19-21-39-58(5,6)56-57(3,4)38-20-14-12-10-8-9-11-13-16-36-54-47(50)43-28-26-42(27-29-43)41-24-22-40(2)23-25-41/h7,40-45H,1,8-39H2,2-6H3. The van der Waals surface area contributed by atoms with Crippen molar-refractivity contribution in [3.63, 3.8) is 0 Å². The molecule has 3 rings (SSSR count). The lowest BCUT2D eigenvalue weighted by atomic mass is 9.69. The minimum absolute atomic E-state index is 0.00356. The quantitative estimate of drug-likeness (QED) is 0.0232. The van der Waals surface area contributed by atoms with E-state index in [2.05, 4.69) is 39.7 Å². The van der Waals surface area contributed by atoms with E-state index in [0.717, 1.165) is 101 Å². The van der Waals surface area contributed by atoms with Gasteiger partial charge >= 0.3 is 17.9 Å². The molecule has 0 spiro atoms. The summed E-state index contributed by atoms with van der Waals surface area (Å²) in [6.45, 7) is 17.6. The van der Waals surface area contributed by atoms with Gasteiger partial charge in [0.15, 0.2) is 16.6 Å². The third-order valence-corrected chi connectivity index (χ3v) is 21.1. The molecule has 10 heteroatoms. The van der Waals surface area contributed by atoms with Crippen molar-refractivity contribution in [2.75, 3.05) is 26.4 Å². The van der Waals surface area contributed by atoms with Crippen molar-refractivity contribution in [3.8, 4) is 0 Å². The van der Waals surface area contributed by atoms with Crippen LogP contribution in [0.4, 0.5) is 0 Å². The van der Waals surface area contributed by atoms with Gasteiger partial charge in [-0.1, -0.05) is 84.1 Å². The van der Waals surface area contributed by atoms with Gasteiger partial charge in [-0.25, -0.2) is 4.79 Å². The number of hydrogen-bond acceptors (Lipinski definition) is 8. The topological polar surface area (TPSA) is 97.4 Å². The third-order valence-electron chi connectivity index (χ3n) is 13.5. The Morgan fingerprint density at radius 1 is 0.500 bits per heavy atom. The number of hydrogen-bond donors (Lipinski definition) is 0. The summed E-state index contributed by atoms with van der Waals surface area (Å²) in [4.78, 5) is 36.4. The van der Waals surface area contributed by atoms with Gasteiger partial charge in [0.2, 0.25) is 0 Å². The van der Waals surface area contributed by atoms with Crippen LogP contribution in [0.1, 0.15) is 174 Å². The fraction of sp³-hybridized carbons (Fsp3) is 0.896. The maximum absolute atomic E-state index is 12.7. The van der Waals surface area contributed by atoms with Crippen LogP contribution in [0.3, 0.4) is 0 Å². The van der Waals surface area contributed by atoms with Crippen LogP contribution in [0.2, 0.25) is 38.3 Å². The molecule has 0 atom stereocenters. The first-order valence-corrected chi connectivity index (χ1v) is 30.5. The van der Waals surface area contributed by atoms with Crippen LogP contribution in [0, 0.1) is 29.6 Å². The smallest absolute Gasteiger partial charge is 0.330 e. The SMILES string of the molecule is C=CC(=O)OCCCCCOC1CCC(C(=O)OCCCC[Si](C)(C)O[Si](C)(C)CCCCCCCCCCCOC(=O)C2CCC(C3CCC(C)CC3)CC2)CC1. The summed E-state index contributed by atoms with van der Waals surface area (Å²) in [5, 5.41) is 0. The van der Waals surface area contributed by atoms with Gasteiger partial charge in [0, 0.05) is 12.7 Å². The monoisotopic (exact) mass is 849 g/mol. The van der Waals surface area contributed by atoms with Gasteiger partial charge < -0.3 is 23.1 Å². The average Bonchev–Trinajstić information content (AvgIpc) is 3.20. The van der Waals surface area contributed by atoms with E-state index in [9.17, 15) is 14.4 Å². The molecule has 3 aliphatic carbocycles. The van der Waals surface area contributed by atoms with Crippen LogP contribution < -0.4 is 0 Å². The molecule has 0 amide bonds. The lowest BCUT2D eigenvalue weighted by Crippen LogP contribution is -2.44. The van der Waals surface area contributed by atoms with Crippen molar-refractivity contribution in [2.24, 2.45) is 29.6 Å². The fourth-order valence-corrected chi connectivity index (χ4v) is 18.9. The molecule has 0 unspecified atom stereocenters. The van der Waals surface area contributed by atoms with Crippen LogP contribution in [0.25, 0.3) is 0 Å². The van der Waals surface area contributed by atoms with E-state index >= 15 is 0 Å². The van der Waals surface area contributed by atoms with Gasteiger partial charge in [-0.15, -0.1) is 0 Å². The molecule has 8 nitrogen and oxygen atoms in total. The van der Waals surface area contributed by atoms with Crippen molar-refractivity contribution in [2.45, 2.75) is 218 Å². The molecule has 3 saturated carbocycles. The first-order chi connectivity index (χ1) is 27.9. The van der Waals surface area contributed by atoms with E-state index < -0.39 is 16.6 Å². The van der Waals surface area contributed by atoms with Crippen LogP contribution in [-0.2, 0) is 37.4 Å². The van der Waals surface area contributed by atoms with Crippen molar-refractivity contribution in [1.82, 2.24) is 0 Å². The molecule has 0 aliphatic heterocycles. The highest BCUT2D eigenvalue weighted by Crippen LogP contribution is 2.41. The van der Waals surface area contributed by atoms with E-state index in [0.29, 0.717) is 26.4 Å². The molecule has 0 heterocycles. The zero-order valence-corrected chi connectivity index (χ0v) is 40.1. The van der Waals surface area contributed by atoms with Crippen LogP contribution >= 0.6 is 0 Å². The maximum Gasteiger partial charge on any atom is 0.330 e. The van der Waals surface area contributed by atoms with Gasteiger partial charge in [-0.05, 0) is 152 Å². The van der Waals surface area contributed by atoms with Gasteiger partial charge in [0.1, 0.15) is 0 Å². The van der Waals surface area contributed by atoms with E-state index in [1.807, 2.05) is 0 Å². The van der Waals surface area contributed by atoms with Gasteiger partial charge in [0.05, 0.1) is 37.8 Å². The molecule has 0 N–H and O–H groups in total. The number of unbranched alkanes of at least 4 members (excludes halogenated alkanes) is 11. The molecular weight excluding hydrogens is 761 g/mol. The van der Waals surface area contributed by atoms with E-state index in [1.165, 1.54) is 102 Å². The zero-order valence-electron chi connectivity index (χ0n) is 38.1. The number of rotatable bonds is 30. The fourth-order valence-electron chi connectivity index (χ4n) is 9.89. The van der Waals surface area contributed by atoms with E-state index in [4.69, 9.17) is 23.1 Å². The van der Waals surface area contributed by atoms with E-state index in [-0.39, 0.29) is 35.8 Å². The Kier molecular flexibility index (Phi) is 25.4. The summed E-state index contributed by atoms with van der Waals surface area (Å²) in [5.74, 6) is 2.53. The van der Waals surface area contributed by atoms with Gasteiger partial charge in [-0.2, -0.15) is 0 Å². The highest BCUT2D eigenvalue weighted by Gasteiger charge is 2.34. The molecule has 3 fully saturated rings. The molecule has 0 saturated heterocycles. The van der Waals surface area contributed by atoms with Gasteiger partial charge in [0.25, 0.3) is 0 Å². The number of carbonyl (C=O) groups excluding carboxylic acids is 3.